The SMILES string of the molecule is c1ccc(-c2ccc(-c3c(-c4ccccc4)ccc4[se]c5ccccc5c34)c(-c3ccccn3)c2-c2nnnc(-c3ccccc3)c2-c2ccccc2)cc1. The number of hydrogen-bond donors (Lipinski definition) is 0. The molecule has 0 spiro atoms. The fourth-order valence-electron chi connectivity index (χ4n) is 7.82. The van der Waals surface area contributed by atoms with Crippen molar-refractivity contribution in [2.45, 2.75) is 0 Å². The van der Waals surface area contributed by atoms with E-state index in [1.165, 1.54) is 30.4 Å². The minimum atomic E-state index is 0.176. The molecule has 0 aliphatic rings. The number of nitrogens with zero attached hydrogens (tertiary/aromatic N) is 4. The van der Waals surface area contributed by atoms with Gasteiger partial charge in [0.15, 0.2) is 0 Å². The monoisotopic (exact) mass is 768 g/mol. The first-order valence-corrected chi connectivity index (χ1v) is 20.0. The average molecular weight is 768 g/mol. The Morgan fingerprint density at radius 1 is 0.345 bits per heavy atom. The molecule has 0 bridgehead atoms. The van der Waals surface area contributed by atoms with E-state index in [4.69, 9.17) is 15.2 Å². The normalized spacial score (nSPS) is 11.3. The molecule has 0 aliphatic carbocycles. The summed E-state index contributed by atoms with van der Waals surface area (Å²) in [6.07, 6.45) is 1.88. The van der Waals surface area contributed by atoms with E-state index >= 15 is 0 Å². The summed E-state index contributed by atoms with van der Waals surface area (Å²) >= 11 is 0.176. The molecule has 258 valence electrons. The molecule has 0 N–H and O–H groups in total. The van der Waals surface area contributed by atoms with E-state index in [0.717, 1.165) is 67.2 Å². The van der Waals surface area contributed by atoms with Gasteiger partial charge in [-0.25, -0.2) is 0 Å². The predicted octanol–water partition coefficient (Wildman–Crippen LogP) is 12.3. The van der Waals surface area contributed by atoms with Crippen molar-refractivity contribution in [3.63, 3.8) is 0 Å². The number of benzene rings is 7. The number of hydrogen-bond acceptors (Lipinski definition) is 4. The molecule has 5 heteroatoms. The summed E-state index contributed by atoms with van der Waals surface area (Å²) in [5.74, 6) is 0. The van der Waals surface area contributed by atoms with Crippen LogP contribution in [0.4, 0.5) is 0 Å². The predicted molar refractivity (Wildman–Crippen MR) is 228 cm³/mol. The van der Waals surface area contributed by atoms with Crippen molar-refractivity contribution >= 4 is 33.8 Å². The van der Waals surface area contributed by atoms with Crippen LogP contribution in [0, 0.1) is 0 Å². The Hall–Kier alpha value is -6.78. The van der Waals surface area contributed by atoms with Gasteiger partial charge in [0.05, 0.1) is 0 Å². The first-order chi connectivity index (χ1) is 27.3. The van der Waals surface area contributed by atoms with E-state index in [1.54, 1.807) is 0 Å². The molecule has 10 aromatic rings. The molecule has 0 saturated carbocycles. The Morgan fingerprint density at radius 2 is 0.891 bits per heavy atom. The summed E-state index contributed by atoms with van der Waals surface area (Å²) < 4.78 is 2.78. The second-order valence-electron chi connectivity index (χ2n) is 13.4. The topological polar surface area (TPSA) is 51.6 Å². The summed E-state index contributed by atoms with van der Waals surface area (Å²) in [4.78, 5) is 5.12. The summed E-state index contributed by atoms with van der Waals surface area (Å²) in [5.41, 5.74) is 14.0. The fraction of sp³-hybridized carbons (Fsp3) is 0. The van der Waals surface area contributed by atoms with Gasteiger partial charge in [0.25, 0.3) is 0 Å². The van der Waals surface area contributed by atoms with Gasteiger partial charge in [-0.15, -0.1) is 0 Å². The molecule has 10 rings (SSSR count). The summed E-state index contributed by atoms with van der Waals surface area (Å²) in [6.45, 7) is 0. The number of aromatic nitrogens is 4. The third-order valence-corrected chi connectivity index (χ3v) is 12.6. The molecule has 3 heterocycles. The molecule has 0 radical (unpaired) electrons. The zero-order valence-electron chi connectivity index (χ0n) is 29.7. The molecule has 0 saturated heterocycles. The van der Waals surface area contributed by atoms with Crippen molar-refractivity contribution in [3.8, 4) is 78.3 Å². The van der Waals surface area contributed by atoms with Crippen molar-refractivity contribution < 1.29 is 0 Å². The molecule has 0 aliphatic heterocycles. The second kappa shape index (κ2) is 14.2. The van der Waals surface area contributed by atoms with Gasteiger partial charge < -0.3 is 0 Å². The van der Waals surface area contributed by atoms with Crippen molar-refractivity contribution in [3.05, 3.63) is 194 Å². The van der Waals surface area contributed by atoms with Crippen LogP contribution in [0.25, 0.3) is 97.6 Å². The van der Waals surface area contributed by atoms with Gasteiger partial charge in [0.1, 0.15) is 0 Å². The number of rotatable bonds is 7. The van der Waals surface area contributed by atoms with Crippen LogP contribution >= 0.6 is 0 Å². The zero-order chi connectivity index (χ0) is 36.6. The molecule has 3 aromatic heterocycles. The second-order valence-corrected chi connectivity index (χ2v) is 15.7. The van der Waals surface area contributed by atoms with E-state index < -0.39 is 0 Å². The van der Waals surface area contributed by atoms with Gasteiger partial charge in [0, 0.05) is 0 Å². The third-order valence-electron chi connectivity index (χ3n) is 10.2. The Morgan fingerprint density at radius 3 is 1.56 bits per heavy atom. The average Bonchev–Trinajstić information content (AvgIpc) is 3.66. The Labute approximate surface area is 325 Å². The van der Waals surface area contributed by atoms with Gasteiger partial charge in [-0.3, -0.25) is 0 Å². The maximum absolute atomic E-state index is 5.12. The first kappa shape index (κ1) is 32.8. The molecule has 4 nitrogen and oxygen atoms in total. The molecule has 7 aromatic carbocycles. The van der Waals surface area contributed by atoms with Gasteiger partial charge >= 0.3 is 321 Å². The molecular formula is C50H32N4Se. The molecule has 0 amide bonds. The summed E-state index contributed by atoms with van der Waals surface area (Å²) in [5, 5.41) is 16.9. The molecule has 0 atom stereocenters. The van der Waals surface area contributed by atoms with E-state index in [2.05, 4.69) is 163 Å². The summed E-state index contributed by atoms with van der Waals surface area (Å²) in [6, 6.07) is 66.4. The van der Waals surface area contributed by atoms with Gasteiger partial charge in [-0.1, -0.05) is 6.07 Å². The van der Waals surface area contributed by atoms with Crippen LogP contribution in [0.15, 0.2) is 194 Å². The van der Waals surface area contributed by atoms with Crippen LogP contribution in [0.1, 0.15) is 0 Å². The Kier molecular flexibility index (Phi) is 8.49. The van der Waals surface area contributed by atoms with Crippen molar-refractivity contribution in [1.82, 2.24) is 20.4 Å². The van der Waals surface area contributed by atoms with E-state index in [9.17, 15) is 0 Å². The van der Waals surface area contributed by atoms with Gasteiger partial charge in [-0.2, -0.15) is 0 Å². The molecule has 0 fully saturated rings. The van der Waals surface area contributed by atoms with Crippen LogP contribution < -0.4 is 0 Å². The Balaban J connectivity index is 1.42. The third kappa shape index (κ3) is 5.87. The maximum atomic E-state index is 5.12. The first-order valence-electron chi connectivity index (χ1n) is 18.3. The van der Waals surface area contributed by atoms with Crippen LogP contribution in [0.3, 0.4) is 0 Å². The molecule has 0 unspecified atom stereocenters. The minimum absolute atomic E-state index is 0.176. The fourth-order valence-corrected chi connectivity index (χ4v) is 10.2. The Bertz CT molecular complexity index is 2950. The molecular weight excluding hydrogens is 736 g/mol. The van der Waals surface area contributed by atoms with E-state index in [0.29, 0.717) is 0 Å². The molecule has 55 heavy (non-hydrogen) atoms. The van der Waals surface area contributed by atoms with Crippen LogP contribution in [-0.4, -0.2) is 34.9 Å². The van der Waals surface area contributed by atoms with Crippen LogP contribution in [0.2, 0.25) is 0 Å². The van der Waals surface area contributed by atoms with Crippen molar-refractivity contribution in [2.24, 2.45) is 0 Å². The quantitative estimate of drug-likeness (QED) is 0.152. The van der Waals surface area contributed by atoms with Gasteiger partial charge in [-0.05, 0) is 0 Å². The van der Waals surface area contributed by atoms with Crippen molar-refractivity contribution in [2.75, 3.05) is 0 Å². The van der Waals surface area contributed by atoms with E-state index in [1.807, 2.05) is 36.5 Å². The number of fused-ring (bicyclic) bond motifs is 3. The number of pyridine rings is 1. The van der Waals surface area contributed by atoms with E-state index in [-0.39, 0.29) is 14.5 Å². The summed E-state index contributed by atoms with van der Waals surface area (Å²) in [7, 11) is 0. The van der Waals surface area contributed by atoms with Crippen LogP contribution in [0.5, 0.6) is 0 Å². The van der Waals surface area contributed by atoms with Crippen molar-refractivity contribution in [1.29, 1.82) is 0 Å². The standard InChI is InChI=1S/C50H32N4Se/c1-5-17-33(18-6-1)37-30-31-43-47(39-25-13-14-27-42(39)55-43)45(37)40-29-28-38(34-19-7-2-8-20-34)48(46(40)41-26-15-16-32-51-41)50-44(35-21-9-3-10-22-35)49(52-54-53-50)36-23-11-4-12-24-36/h1-32H. The van der Waals surface area contributed by atoms with Crippen LogP contribution in [-0.2, 0) is 0 Å². The zero-order valence-corrected chi connectivity index (χ0v) is 31.4. The van der Waals surface area contributed by atoms with Gasteiger partial charge in [0.2, 0.25) is 0 Å².